The lowest BCUT2D eigenvalue weighted by atomic mass is 10.0. The molecule has 3 rings (SSSR count). The molecule has 3 aliphatic rings. The van der Waals surface area contributed by atoms with E-state index in [1.54, 1.807) is 0 Å². The zero-order chi connectivity index (χ0) is 10.1. The summed E-state index contributed by atoms with van der Waals surface area (Å²) in [6, 6.07) is 0. The minimum absolute atomic E-state index is 0.448. The first-order valence-corrected chi connectivity index (χ1v) is 7.30. The summed E-state index contributed by atoms with van der Waals surface area (Å²) >= 11 is 1.95. The highest BCUT2D eigenvalue weighted by atomic mass is 32.2. The summed E-state index contributed by atoms with van der Waals surface area (Å²) in [7, 11) is 0. The molecule has 1 saturated heterocycles. The van der Waals surface area contributed by atoms with Crippen molar-refractivity contribution in [2.24, 2.45) is 10.9 Å². The van der Waals surface area contributed by atoms with Crippen LogP contribution in [0.5, 0.6) is 0 Å². The Morgan fingerprint density at radius 3 is 2.87 bits per heavy atom. The molecule has 0 radical (unpaired) electrons. The van der Waals surface area contributed by atoms with E-state index in [9.17, 15) is 0 Å². The fourth-order valence-electron chi connectivity index (χ4n) is 2.67. The van der Waals surface area contributed by atoms with Crippen molar-refractivity contribution in [3.05, 3.63) is 0 Å². The maximum Gasteiger partial charge on any atom is 0.157 e. The third kappa shape index (κ3) is 2.32. The molecule has 0 aromatic rings. The fourth-order valence-corrected chi connectivity index (χ4v) is 3.91. The summed E-state index contributed by atoms with van der Waals surface area (Å²) < 4.78 is 0. The van der Waals surface area contributed by atoms with Crippen molar-refractivity contribution in [1.29, 1.82) is 0 Å². The van der Waals surface area contributed by atoms with E-state index in [1.807, 2.05) is 11.8 Å². The molecule has 1 aliphatic heterocycles. The van der Waals surface area contributed by atoms with Gasteiger partial charge in [0.25, 0.3) is 0 Å². The Balaban J connectivity index is 1.50. The van der Waals surface area contributed by atoms with Gasteiger partial charge in [0.05, 0.1) is 0 Å². The number of nitrogens with one attached hydrogen (secondary N) is 1. The van der Waals surface area contributed by atoms with Gasteiger partial charge < -0.3 is 5.32 Å². The average molecular weight is 224 g/mol. The van der Waals surface area contributed by atoms with Gasteiger partial charge in [-0.15, -0.1) is 0 Å². The monoisotopic (exact) mass is 224 g/mol. The second kappa shape index (κ2) is 4.00. The molecule has 2 aliphatic carbocycles. The fraction of sp³-hybridized carbons (Fsp3) is 0.917. The van der Waals surface area contributed by atoms with Gasteiger partial charge in [0, 0.05) is 17.8 Å². The van der Waals surface area contributed by atoms with Gasteiger partial charge in [-0.25, -0.2) is 0 Å². The molecule has 0 aromatic heterocycles. The van der Waals surface area contributed by atoms with E-state index in [-0.39, 0.29) is 0 Å². The molecule has 1 N–H and O–H groups in total. The van der Waals surface area contributed by atoms with Crippen LogP contribution in [0, 0.1) is 5.92 Å². The molecule has 0 amide bonds. The van der Waals surface area contributed by atoms with Crippen molar-refractivity contribution in [3.63, 3.8) is 0 Å². The van der Waals surface area contributed by atoms with Gasteiger partial charge in [0.2, 0.25) is 0 Å². The summed E-state index contributed by atoms with van der Waals surface area (Å²) in [6.07, 6.45) is 9.76. The highest BCUT2D eigenvalue weighted by Crippen LogP contribution is 2.37. The number of aliphatic imine (C=N–C) groups is 1. The number of hydrogen-bond acceptors (Lipinski definition) is 2. The van der Waals surface area contributed by atoms with Crippen LogP contribution in [0.15, 0.2) is 4.99 Å². The van der Waals surface area contributed by atoms with Gasteiger partial charge in [-0.2, -0.15) is 0 Å². The van der Waals surface area contributed by atoms with Crippen LogP contribution >= 0.6 is 11.8 Å². The average Bonchev–Trinajstić information content (AvgIpc) is 2.82. The molecule has 1 spiro atoms. The Kier molecular flexibility index (Phi) is 2.67. The van der Waals surface area contributed by atoms with Crippen LogP contribution in [0.3, 0.4) is 0 Å². The zero-order valence-electron chi connectivity index (χ0n) is 9.30. The second-order valence-electron chi connectivity index (χ2n) is 5.32. The first kappa shape index (κ1) is 10.0. The predicted molar refractivity (Wildman–Crippen MR) is 66.4 cm³/mol. The Bertz CT molecular complexity index is 265. The molecule has 0 atom stereocenters. The van der Waals surface area contributed by atoms with Crippen LogP contribution in [-0.2, 0) is 0 Å². The van der Waals surface area contributed by atoms with Gasteiger partial charge in [0.1, 0.15) is 0 Å². The second-order valence-corrected chi connectivity index (χ2v) is 6.28. The molecule has 2 nitrogen and oxygen atoms in total. The van der Waals surface area contributed by atoms with Crippen LogP contribution in [-0.4, -0.2) is 23.0 Å². The summed E-state index contributed by atoms with van der Waals surface area (Å²) in [5, 5.41) is 4.91. The van der Waals surface area contributed by atoms with E-state index in [2.05, 4.69) is 5.32 Å². The van der Waals surface area contributed by atoms with E-state index in [0.717, 1.165) is 12.5 Å². The lowest BCUT2D eigenvalue weighted by Gasteiger charge is -2.21. The first-order chi connectivity index (χ1) is 7.36. The van der Waals surface area contributed by atoms with E-state index < -0.39 is 0 Å². The molecule has 84 valence electrons. The number of amidine groups is 1. The first-order valence-electron chi connectivity index (χ1n) is 6.32. The molecular formula is C12H20N2S. The lowest BCUT2D eigenvalue weighted by Crippen LogP contribution is -2.40. The van der Waals surface area contributed by atoms with E-state index >= 15 is 0 Å². The van der Waals surface area contributed by atoms with Gasteiger partial charge >= 0.3 is 0 Å². The Morgan fingerprint density at radius 1 is 1.33 bits per heavy atom. The number of rotatable bonds is 3. The number of thioether (sulfide) groups is 1. The van der Waals surface area contributed by atoms with E-state index in [0.29, 0.717) is 5.54 Å². The molecule has 0 bridgehead atoms. The number of nitrogens with zero attached hydrogens (tertiary/aromatic N) is 1. The van der Waals surface area contributed by atoms with Crippen LogP contribution in [0.25, 0.3) is 0 Å². The van der Waals surface area contributed by atoms with Crippen LogP contribution < -0.4 is 5.32 Å². The normalized spacial score (nSPS) is 31.3. The topological polar surface area (TPSA) is 24.4 Å². The van der Waals surface area contributed by atoms with Gasteiger partial charge in [0.15, 0.2) is 5.17 Å². The molecule has 0 aromatic carbocycles. The minimum atomic E-state index is 0.448. The van der Waals surface area contributed by atoms with Crippen LogP contribution in [0.2, 0.25) is 0 Å². The highest BCUT2D eigenvalue weighted by Gasteiger charge is 2.39. The quantitative estimate of drug-likeness (QED) is 0.797. The molecular weight excluding hydrogens is 204 g/mol. The summed E-state index contributed by atoms with van der Waals surface area (Å²) in [5.41, 5.74) is 0.448. The van der Waals surface area contributed by atoms with E-state index in [1.165, 1.54) is 55.9 Å². The van der Waals surface area contributed by atoms with Gasteiger partial charge in [-0.05, 0) is 25.2 Å². The third-order valence-electron chi connectivity index (χ3n) is 3.91. The standard InChI is InChI=1S/C12H20N2S/c1-2-7-12(6-1)9-15-11(14-12)13-8-5-10-3-4-10/h10H,1-9H2,(H,13,14). The van der Waals surface area contributed by atoms with Crippen molar-refractivity contribution in [3.8, 4) is 0 Å². The van der Waals surface area contributed by atoms with Crippen molar-refractivity contribution in [1.82, 2.24) is 5.32 Å². The van der Waals surface area contributed by atoms with Gasteiger partial charge in [-0.1, -0.05) is 37.4 Å². The Hall–Kier alpha value is -0.180. The SMILES string of the molecule is C1CCC2(C1)CSC(=NCCC1CC1)N2. The summed E-state index contributed by atoms with van der Waals surface area (Å²) in [4.78, 5) is 4.69. The van der Waals surface area contributed by atoms with Crippen LogP contribution in [0.1, 0.15) is 44.9 Å². The van der Waals surface area contributed by atoms with Crippen molar-refractivity contribution >= 4 is 16.9 Å². The van der Waals surface area contributed by atoms with Crippen molar-refractivity contribution < 1.29 is 0 Å². The Morgan fingerprint density at radius 2 is 2.13 bits per heavy atom. The van der Waals surface area contributed by atoms with Crippen molar-refractivity contribution in [2.45, 2.75) is 50.5 Å². The third-order valence-corrected chi connectivity index (χ3v) is 5.11. The lowest BCUT2D eigenvalue weighted by molar-refractivity contribution is 0.452. The molecule has 2 saturated carbocycles. The molecule has 15 heavy (non-hydrogen) atoms. The molecule has 3 fully saturated rings. The largest absolute Gasteiger partial charge is 0.359 e. The highest BCUT2D eigenvalue weighted by molar-refractivity contribution is 8.14. The Labute approximate surface area is 96.3 Å². The van der Waals surface area contributed by atoms with E-state index in [4.69, 9.17) is 4.99 Å². The van der Waals surface area contributed by atoms with Gasteiger partial charge in [-0.3, -0.25) is 4.99 Å². The number of hydrogen-bond donors (Lipinski definition) is 1. The molecule has 0 unspecified atom stereocenters. The maximum absolute atomic E-state index is 4.69. The van der Waals surface area contributed by atoms with Crippen LogP contribution in [0.4, 0.5) is 0 Å². The smallest absolute Gasteiger partial charge is 0.157 e. The molecule has 1 heterocycles. The van der Waals surface area contributed by atoms with Crippen molar-refractivity contribution in [2.75, 3.05) is 12.3 Å². The zero-order valence-corrected chi connectivity index (χ0v) is 10.1. The summed E-state index contributed by atoms with van der Waals surface area (Å²) in [6.45, 7) is 1.05. The predicted octanol–water partition coefficient (Wildman–Crippen LogP) is 2.79. The summed E-state index contributed by atoms with van der Waals surface area (Å²) in [5.74, 6) is 2.27. The minimum Gasteiger partial charge on any atom is -0.359 e. The molecule has 3 heteroatoms. The maximum atomic E-state index is 4.69.